The van der Waals surface area contributed by atoms with E-state index in [1.165, 1.54) is 0 Å². The molecule has 5 heteroatoms. The average Bonchev–Trinajstić information content (AvgIpc) is 2.91. The number of carbonyl (C=O) groups excluding carboxylic acids is 1. The predicted molar refractivity (Wildman–Crippen MR) is 100 cm³/mol. The molecule has 0 fully saturated rings. The highest BCUT2D eigenvalue weighted by Gasteiger charge is 2.16. The number of rotatable bonds is 4. The maximum Gasteiger partial charge on any atom is 0.135 e. The molecule has 0 radical (unpaired) electrons. The Morgan fingerprint density at radius 3 is 2.57 bits per heavy atom. The summed E-state index contributed by atoms with van der Waals surface area (Å²) in [5.41, 5.74) is 2.84. The number of Topliss-reactive ketones (excluding diaryl/α,β-unsaturated/α-hetero) is 1. The minimum Gasteiger partial charge on any atom is -0.300 e. The lowest BCUT2D eigenvalue weighted by atomic mass is 10.1. The molecule has 0 aliphatic carbocycles. The lowest BCUT2D eigenvalue weighted by Gasteiger charge is -2.01. The maximum atomic E-state index is 11.6. The fourth-order valence-corrected chi connectivity index (χ4v) is 3.82. The molecular weight excluding hydrogens is 394 g/mol. The zero-order valence-corrected chi connectivity index (χ0v) is 15.5. The van der Waals surface area contributed by atoms with E-state index < -0.39 is 0 Å². The number of benzene rings is 2. The lowest BCUT2D eigenvalue weighted by molar-refractivity contribution is -0.116. The Balaban J connectivity index is 2.10. The zero-order chi connectivity index (χ0) is 16.4. The second-order valence-electron chi connectivity index (χ2n) is 5.19. The molecule has 3 aromatic rings. The SMILES string of the molecule is CC(=O)Cc1nc(-c2ccc(Br)cc2)sc1-c1cccc(Cl)c1. The van der Waals surface area contributed by atoms with E-state index in [4.69, 9.17) is 16.6 Å². The van der Waals surface area contributed by atoms with Crippen molar-refractivity contribution >= 4 is 44.7 Å². The topological polar surface area (TPSA) is 30.0 Å². The molecule has 0 spiro atoms. The molecular formula is C18H13BrClNOS. The molecule has 116 valence electrons. The number of thiazole rings is 1. The second-order valence-corrected chi connectivity index (χ2v) is 7.54. The van der Waals surface area contributed by atoms with Crippen LogP contribution in [-0.4, -0.2) is 10.8 Å². The van der Waals surface area contributed by atoms with E-state index in [1.54, 1.807) is 18.3 Å². The van der Waals surface area contributed by atoms with Crippen molar-refractivity contribution in [1.29, 1.82) is 0 Å². The quantitative estimate of drug-likeness (QED) is 0.530. The molecule has 0 N–H and O–H groups in total. The molecule has 1 heterocycles. The average molecular weight is 407 g/mol. The van der Waals surface area contributed by atoms with Gasteiger partial charge in [0.25, 0.3) is 0 Å². The third-order valence-electron chi connectivity index (χ3n) is 3.29. The van der Waals surface area contributed by atoms with Crippen molar-refractivity contribution in [1.82, 2.24) is 4.98 Å². The number of carbonyl (C=O) groups is 1. The summed E-state index contributed by atoms with van der Waals surface area (Å²) in [4.78, 5) is 17.3. The molecule has 0 bridgehead atoms. The summed E-state index contributed by atoms with van der Waals surface area (Å²) in [5.74, 6) is 0.0981. The molecule has 0 aliphatic rings. The van der Waals surface area contributed by atoms with Gasteiger partial charge in [0, 0.05) is 21.5 Å². The van der Waals surface area contributed by atoms with Crippen molar-refractivity contribution in [3.05, 3.63) is 63.7 Å². The normalized spacial score (nSPS) is 10.7. The van der Waals surface area contributed by atoms with Crippen molar-refractivity contribution in [2.24, 2.45) is 0 Å². The van der Waals surface area contributed by atoms with Crippen molar-refractivity contribution in [3.8, 4) is 21.0 Å². The van der Waals surface area contributed by atoms with E-state index in [2.05, 4.69) is 15.9 Å². The minimum atomic E-state index is 0.0981. The third-order valence-corrected chi connectivity index (χ3v) is 5.25. The van der Waals surface area contributed by atoms with E-state index in [9.17, 15) is 4.79 Å². The Bertz CT molecular complexity index is 858. The fraction of sp³-hybridized carbons (Fsp3) is 0.111. The minimum absolute atomic E-state index is 0.0981. The van der Waals surface area contributed by atoms with E-state index in [0.29, 0.717) is 11.4 Å². The molecule has 3 rings (SSSR count). The largest absolute Gasteiger partial charge is 0.300 e. The van der Waals surface area contributed by atoms with Gasteiger partial charge in [0.15, 0.2) is 0 Å². The summed E-state index contributed by atoms with van der Waals surface area (Å²) in [5, 5.41) is 1.58. The summed E-state index contributed by atoms with van der Waals surface area (Å²) in [6, 6.07) is 15.7. The van der Waals surface area contributed by atoms with Crippen molar-refractivity contribution in [2.75, 3.05) is 0 Å². The van der Waals surface area contributed by atoms with Gasteiger partial charge >= 0.3 is 0 Å². The molecule has 0 unspecified atom stereocenters. The number of halogens is 2. The molecule has 0 atom stereocenters. The predicted octanol–water partition coefficient (Wildman–Crippen LogP) is 6.02. The number of hydrogen-bond acceptors (Lipinski definition) is 3. The van der Waals surface area contributed by atoms with E-state index in [-0.39, 0.29) is 5.78 Å². The van der Waals surface area contributed by atoms with Gasteiger partial charge in [-0.05, 0) is 36.8 Å². The van der Waals surface area contributed by atoms with Crippen LogP contribution in [0, 0.1) is 0 Å². The Kier molecular flexibility index (Phi) is 4.95. The van der Waals surface area contributed by atoms with Gasteiger partial charge in [0.1, 0.15) is 10.8 Å². The molecule has 1 aromatic heterocycles. The number of ketones is 1. The van der Waals surface area contributed by atoms with Crippen LogP contribution in [0.2, 0.25) is 5.02 Å². The van der Waals surface area contributed by atoms with Gasteiger partial charge in [0.05, 0.1) is 10.6 Å². The summed E-state index contributed by atoms with van der Waals surface area (Å²) in [7, 11) is 0. The van der Waals surface area contributed by atoms with E-state index >= 15 is 0 Å². The monoisotopic (exact) mass is 405 g/mol. The van der Waals surface area contributed by atoms with Crippen LogP contribution in [0.25, 0.3) is 21.0 Å². The van der Waals surface area contributed by atoms with Gasteiger partial charge in [-0.25, -0.2) is 4.98 Å². The molecule has 2 nitrogen and oxygen atoms in total. The lowest BCUT2D eigenvalue weighted by Crippen LogP contribution is -1.98. The number of nitrogens with zero attached hydrogens (tertiary/aromatic N) is 1. The van der Waals surface area contributed by atoms with Crippen LogP contribution in [0.4, 0.5) is 0 Å². The van der Waals surface area contributed by atoms with Crippen LogP contribution in [0.1, 0.15) is 12.6 Å². The summed E-state index contributed by atoms with van der Waals surface area (Å²) < 4.78 is 1.02. The molecule has 0 aliphatic heterocycles. The van der Waals surface area contributed by atoms with Gasteiger partial charge in [-0.1, -0.05) is 51.8 Å². The van der Waals surface area contributed by atoms with Crippen LogP contribution in [0.3, 0.4) is 0 Å². The Hall–Kier alpha value is -1.49. The van der Waals surface area contributed by atoms with E-state index in [0.717, 1.165) is 31.2 Å². The van der Waals surface area contributed by atoms with Crippen LogP contribution >= 0.6 is 38.9 Å². The number of aromatic nitrogens is 1. The Labute approximate surface area is 152 Å². The van der Waals surface area contributed by atoms with Gasteiger partial charge in [-0.15, -0.1) is 11.3 Å². The first-order valence-corrected chi connectivity index (χ1v) is 9.02. The van der Waals surface area contributed by atoms with Crippen LogP contribution in [-0.2, 0) is 11.2 Å². The molecule has 0 saturated heterocycles. The van der Waals surface area contributed by atoms with Crippen LogP contribution < -0.4 is 0 Å². The first-order valence-electron chi connectivity index (χ1n) is 7.04. The standard InChI is InChI=1S/C18H13BrClNOS/c1-11(22)9-16-17(13-3-2-4-15(20)10-13)23-18(21-16)12-5-7-14(19)8-6-12/h2-8,10H,9H2,1H3. The molecule has 0 amide bonds. The van der Waals surface area contributed by atoms with Gasteiger partial charge < -0.3 is 0 Å². The maximum absolute atomic E-state index is 11.6. The second kappa shape index (κ2) is 6.95. The third kappa shape index (κ3) is 3.89. The van der Waals surface area contributed by atoms with Gasteiger partial charge in [0.2, 0.25) is 0 Å². The van der Waals surface area contributed by atoms with Crippen LogP contribution in [0.5, 0.6) is 0 Å². The van der Waals surface area contributed by atoms with Gasteiger partial charge in [-0.3, -0.25) is 4.79 Å². The molecule has 2 aromatic carbocycles. The fourth-order valence-electron chi connectivity index (χ4n) is 2.28. The summed E-state index contributed by atoms with van der Waals surface area (Å²) in [6.07, 6.45) is 0.328. The highest BCUT2D eigenvalue weighted by atomic mass is 79.9. The van der Waals surface area contributed by atoms with Gasteiger partial charge in [-0.2, -0.15) is 0 Å². The highest BCUT2D eigenvalue weighted by Crippen LogP contribution is 2.37. The van der Waals surface area contributed by atoms with Crippen LogP contribution in [0.15, 0.2) is 53.0 Å². The van der Waals surface area contributed by atoms with Crippen molar-refractivity contribution in [2.45, 2.75) is 13.3 Å². The van der Waals surface area contributed by atoms with Crippen molar-refractivity contribution < 1.29 is 4.79 Å². The smallest absolute Gasteiger partial charge is 0.135 e. The Morgan fingerprint density at radius 1 is 1.17 bits per heavy atom. The van der Waals surface area contributed by atoms with Crippen molar-refractivity contribution in [3.63, 3.8) is 0 Å². The van der Waals surface area contributed by atoms with E-state index in [1.807, 2.05) is 48.5 Å². The Morgan fingerprint density at radius 2 is 1.91 bits per heavy atom. The highest BCUT2D eigenvalue weighted by molar-refractivity contribution is 9.10. The first kappa shape index (κ1) is 16.4. The molecule has 0 saturated carbocycles. The number of hydrogen-bond donors (Lipinski definition) is 0. The first-order chi connectivity index (χ1) is 11.0. The summed E-state index contributed by atoms with van der Waals surface area (Å²) >= 11 is 11.1. The summed E-state index contributed by atoms with van der Waals surface area (Å²) in [6.45, 7) is 1.58. The molecule has 23 heavy (non-hydrogen) atoms. The zero-order valence-electron chi connectivity index (χ0n) is 12.3.